The number of anilines is 4. The Labute approximate surface area is 276 Å². The van der Waals surface area contributed by atoms with Crippen LogP contribution in [0.15, 0.2) is 142 Å². The van der Waals surface area contributed by atoms with Crippen LogP contribution < -0.4 is 15.0 Å². The fourth-order valence-corrected chi connectivity index (χ4v) is 8.53. The summed E-state index contributed by atoms with van der Waals surface area (Å²) in [6.07, 6.45) is -0.252. The van der Waals surface area contributed by atoms with Crippen LogP contribution in [-0.2, 0) is 5.41 Å². The maximum absolute atomic E-state index is 6.32. The first kappa shape index (κ1) is 26.7. The summed E-state index contributed by atoms with van der Waals surface area (Å²) in [4.78, 5) is 9.49. The minimum atomic E-state index is -0.252. The third-order valence-electron chi connectivity index (χ3n) is 9.73. The molecule has 6 aromatic carbocycles. The molecule has 0 amide bonds. The topological polar surface area (TPSA) is 50.5 Å². The second kappa shape index (κ2) is 9.77. The number of oxazole rings is 1. The standard InChI is InChI=1S/C41H29N3O2S/c1-41(2)29-10-4-3-9-27(29)28-23-26(17-18-30(28)41)44-33-19-15-24(39-42-31-11-5-7-13-35(31)45-39)21-37(33)47-38-22-25(16-20-34(38)44)40-43-32-12-6-8-14-36(32)46-40/h3-23,39,42H,1-2H3. The van der Waals surface area contributed by atoms with Crippen LogP contribution >= 0.6 is 11.8 Å². The number of nitrogens with zero attached hydrogens (tertiary/aromatic N) is 2. The van der Waals surface area contributed by atoms with E-state index in [9.17, 15) is 0 Å². The Kier molecular flexibility index (Phi) is 5.56. The SMILES string of the molecule is CC1(C)c2ccccc2-c2cc(N3c4ccc(-c5nc6ccccc6o5)cc4Sc4cc(C5Nc6ccccc6O5)ccc43)ccc21. The fourth-order valence-electron chi connectivity index (χ4n) is 7.38. The summed E-state index contributed by atoms with van der Waals surface area (Å²) in [7, 11) is 0. The number of fused-ring (bicyclic) bond motifs is 7. The lowest BCUT2D eigenvalue weighted by molar-refractivity contribution is 0.259. The highest BCUT2D eigenvalue weighted by Crippen LogP contribution is 2.55. The third kappa shape index (κ3) is 4.01. The maximum atomic E-state index is 6.32. The van der Waals surface area contributed by atoms with Gasteiger partial charge in [0.05, 0.1) is 17.1 Å². The van der Waals surface area contributed by atoms with Gasteiger partial charge in [0.1, 0.15) is 11.3 Å². The molecule has 0 saturated heterocycles. The zero-order chi connectivity index (χ0) is 31.3. The second-order valence-electron chi connectivity index (χ2n) is 12.9. The smallest absolute Gasteiger partial charge is 0.227 e. The van der Waals surface area contributed by atoms with Gasteiger partial charge in [-0.25, -0.2) is 4.98 Å². The average Bonchev–Trinajstić information content (AvgIpc) is 3.80. The van der Waals surface area contributed by atoms with Crippen LogP contribution in [0.2, 0.25) is 0 Å². The molecule has 1 N–H and O–H groups in total. The maximum Gasteiger partial charge on any atom is 0.227 e. The molecule has 0 radical (unpaired) electrons. The van der Waals surface area contributed by atoms with Crippen LogP contribution in [0.25, 0.3) is 33.7 Å². The molecule has 1 atom stereocenters. The van der Waals surface area contributed by atoms with Crippen molar-refractivity contribution < 1.29 is 9.15 Å². The van der Waals surface area contributed by atoms with Crippen molar-refractivity contribution in [2.75, 3.05) is 10.2 Å². The molecule has 1 aromatic heterocycles. The lowest BCUT2D eigenvalue weighted by Gasteiger charge is -2.34. The Balaban J connectivity index is 1.12. The molecule has 3 aliphatic rings. The van der Waals surface area contributed by atoms with E-state index in [0.29, 0.717) is 5.89 Å². The number of hydrogen-bond donors (Lipinski definition) is 1. The lowest BCUT2D eigenvalue weighted by Crippen LogP contribution is -2.17. The van der Waals surface area contributed by atoms with Crippen molar-refractivity contribution in [2.45, 2.75) is 35.3 Å². The Morgan fingerprint density at radius 3 is 2.38 bits per heavy atom. The zero-order valence-corrected chi connectivity index (χ0v) is 26.6. The summed E-state index contributed by atoms with van der Waals surface area (Å²) >= 11 is 1.77. The van der Waals surface area contributed by atoms with Gasteiger partial charge >= 0.3 is 0 Å². The van der Waals surface area contributed by atoms with Crippen LogP contribution in [-0.4, -0.2) is 4.98 Å². The quantitative estimate of drug-likeness (QED) is 0.210. The van der Waals surface area contributed by atoms with Gasteiger partial charge in [0.2, 0.25) is 5.89 Å². The highest BCUT2D eigenvalue weighted by molar-refractivity contribution is 7.99. The molecule has 226 valence electrons. The molecule has 0 bridgehead atoms. The molecule has 1 unspecified atom stereocenters. The number of aromatic nitrogens is 1. The van der Waals surface area contributed by atoms with Gasteiger partial charge in [0.15, 0.2) is 11.8 Å². The number of hydrogen-bond acceptors (Lipinski definition) is 6. The molecule has 7 aromatic rings. The van der Waals surface area contributed by atoms with Gasteiger partial charge in [-0.15, -0.1) is 0 Å². The van der Waals surface area contributed by atoms with E-state index in [1.54, 1.807) is 11.8 Å². The summed E-state index contributed by atoms with van der Waals surface area (Å²) in [5.41, 5.74) is 13.4. The number of nitrogens with one attached hydrogen (secondary N) is 1. The largest absolute Gasteiger partial charge is 0.464 e. The fraction of sp³-hybridized carbons (Fsp3) is 0.0976. The summed E-state index contributed by atoms with van der Waals surface area (Å²) < 4.78 is 12.5. The van der Waals surface area contributed by atoms with Gasteiger partial charge in [-0.2, -0.15) is 0 Å². The lowest BCUT2D eigenvalue weighted by atomic mass is 9.82. The average molecular weight is 628 g/mol. The van der Waals surface area contributed by atoms with Crippen molar-refractivity contribution in [3.8, 4) is 28.3 Å². The first-order chi connectivity index (χ1) is 23.0. The summed E-state index contributed by atoms with van der Waals surface area (Å²) in [6, 6.07) is 45.0. The van der Waals surface area contributed by atoms with Crippen LogP contribution in [0.3, 0.4) is 0 Å². The van der Waals surface area contributed by atoms with E-state index in [4.69, 9.17) is 14.1 Å². The minimum Gasteiger partial charge on any atom is -0.464 e. The minimum absolute atomic E-state index is 0.0483. The van der Waals surface area contributed by atoms with Gasteiger partial charge in [-0.1, -0.05) is 86.3 Å². The molecular formula is C41H29N3O2S. The molecule has 3 heterocycles. The molecule has 6 heteroatoms. The Morgan fingerprint density at radius 1 is 0.723 bits per heavy atom. The molecule has 0 spiro atoms. The van der Waals surface area contributed by atoms with Gasteiger partial charge in [0.25, 0.3) is 0 Å². The van der Waals surface area contributed by atoms with Gasteiger partial charge in [0, 0.05) is 32.0 Å². The second-order valence-corrected chi connectivity index (χ2v) is 14.0. The van der Waals surface area contributed by atoms with Gasteiger partial charge < -0.3 is 19.4 Å². The van der Waals surface area contributed by atoms with Gasteiger partial charge in [-0.3, -0.25) is 0 Å². The highest BCUT2D eigenvalue weighted by Gasteiger charge is 2.36. The van der Waals surface area contributed by atoms with E-state index in [0.717, 1.165) is 60.5 Å². The van der Waals surface area contributed by atoms with E-state index < -0.39 is 0 Å². The van der Waals surface area contributed by atoms with E-state index in [-0.39, 0.29) is 11.6 Å². The van der Waals surface area contributed by atoms with Crippen molar-refractivity contribution in [1.29, 1.82) is 0 Å². The molecule has 5 nitrogen and oxygen atoms in total. The summed E-state index contributed by atoms with van der Waals surface area (Å²) in [5, 5.41) is 3.54. The van der Waals surface area contributed by atoms with Crippen molar-refractivity contribution in [3.05, 3.63) is 144 Å². The Bertz CT molecular complexity index is 2350. The Hall–Kier alpha value is -5.46. The highest BCUT2D eigenvalue weighted by atomic mass is 32.2. The molecule has 1 aliphatic carbocycles. The van der Waals surface area contributed by atoms with Crippen molar-refractivity contribution in [3.63, 3.8) is 0 Å². The molecular weight excluding hydrogens is 599 g/mol. The molecule has 0 saturated carbocycles. The van der Waals surface area contributed by atoms with E-state index in [2.05, 4.69) is 109 Å². The number of para-hydroxylation sites is 4. The number of ether oxygens (including phenoxy) is 1. The monoisotopic (exact) mass is 627 g/mol. The molecule has 0 fully saturated rings. The third-order valence-corrected chi connectivity index (χ3v) is 10.8. The first-order valence-electron chi connectivity index (χ1n) is 15.9. The number of rotatable bonds is 3. The molecule has 47 heavy (non-hydrogen) atoms. The van der Waals surface area contributed by atoms with Crippen molar-refractivity contribution in [1.82, 2.24) is 4.98 Å². The molecule has 2 aliphatic heterocycles. The van der Waals surface area contributed by atoms with Gasteiger partial charge in [-0.05, 0) is 89.0 Å². The van der Waals surface area contributed by atoms with E-state index >= 15 is 0 Å². The molecule has 10 rings (SSSR count). The van der Waals surface area contributed by atoms with Crippen molar-refractivity contribution >= 4 is 45.6 Å². The van der Waals surface area contributed by atoms with Crippen LogP contribution in [0.4, 0.5) is 22.7 Å². The predicted molar refractivity (Wildman–Crippen MR) is 189 cm³/mol. The van der Waals surface area contributed by atoms with E-state index in [1.807, 2.05) is 42.5 Å². The van der Waals surface area contributed by atoms with E-state index in [1.165, 1.54) is 22.3 Å². The predicted octanol–water partition coefficient (Wildman–Crippen LogP) is 11.2. The summed E-state index contributed by atoms with van der Waals surface area (Å²) in [6.45, 7) is 4.65. The number of benzene rings is 6. The Morgan fingerprint density at radius 2 is 1.49 bits per heavy atom. The van der Waals surface area contributed by atoms with Crippen LogP contribution in [0.5, 0.6) is 5.75 Å². The summed E-state index contributed by atoms with van der Waals surface area (Å²) in [5.74, 6) is 1.50. The van der Waals surface area contributed by atoms with Crippen molar-refractivity contribution in [2.24, 2.45) is 0 Å². The van der Waals surface area contributed by atoms with Crippen LogP contribution in [0, 0.1) is 0 Å². The van der Waals surface area contributed by atoms with Crippen LogP contribution in [0.1, 0.15) is 36.8 Å². The normalized spacial score (nSPS) is 16.5. The zero-order valence-electron chi connectivity index (χ0n) is 25.8. The first-order valence-corrected chi connectivity index (χ1v) is 16.7.